The molecule has 0 aliphatic carbocycles. The maximum atomic E-state index is 12.1. The van der Waals surface area contributed by atoms with Gasteiger partial charge in [-0.3, -0.25) is 4.79 Å². The van der Waals surface area contributed by atoms with Crippen LogP contribution in [0.4, 0.5) is 0 Å². The van der Waals surface area contributed by atoms with Crippen LogP contribution < -0.4 is 5.32 Å². The molecule has 0 aliphatic rings. The molecule has 2 unspecified atom stereocenters. The highest BCUT2D eigenvalue weighted by Gasteiger charge is 2.33. The number of hydrogen-bond donors (Lipinski definition) is 2. The quantitative estimate of drug-likeness (QED) is 0.428. The molecule has 0 aliphatic heterocycles. The van der Waals surface area contributed by atoms with Gasteiger partial charge in [-0.15, -0.1) is 0 Å². The second kappa shape index (κ2) is 11.4. The molecule has 0 radical (unpaired) electrons. The number of thioether (sulfide) groups is 1. The van der Waals surface area contributed by atoms with Crippen LogP contribution in [0.1, 0.15) is 47.0 Å². The molecule has 0 saturated heterocycles. The summed E-state index contributed by atoms with van der Waals surface area (Å²) in [6.07, 6.45) is 2.75. The number of carbonyl (C=O) groups excluding carboxylic acids is 1. The lowest BCUT2D eigenvalue weighted by atomic mass is 9.96. The summed E-state index contributed by atoms with van der Waals surface area (Å²) in [7, 11) is 0. The first-order valence-corrected chi connectivity index (χ1v) is 8.76. The molecule has 0 fully saturated rings. The molecule has 0 aromatic rings. The van der Waals surface area contributed by atoms with Crippen molar-refractivity contribution in [3.63, 3.8) is 0 Å². The summed E-state index contributed by atoms with van der Waals surface area (Å²) < 4.78 is 5.18. The van der Waals surface area contributed by atoms with Gasteiger partial charge in [0.25, 0.3) is 0 Å². The van der Waals surface area contributed by atoms with Gasteiger partial charge < -0.3 is 15.2 Å². The minimum absolute atomic E-state index is 0.151. The molecule has 120 valence electrons. The minimum atomic E-state index is -0.574. The van der Waals surface area contributed by atoms with Crippen LogP contribution in [0, 0.1) is 5.92 Å². The first kappa shape index (κ1) is 19.7. The van der Waals surface area contributed by atoms with Crippen LogP contribution in [-0.2, 0) is 9.53 Å². The minimum Gasteiger partial charge on any atom is -0.465 e. The molecule has 2 N–H and O–H groups in total. The fourth-order valence-electron chi connectivity index (χ4n) is 1.82. The van der Waals surface area contributed by atoms with Gasteiger partial charge in [0.1, 0.15) is 5.54 Å². The number of rotatable bonds is 12. The van der Waals surface area contributed by atoms with E-state index in [4.69, 9.17) is 9.84 Å². The summed E-state index contributed by atoms with van der Waals surface area (Å²) in [5, 5.41) is 12.3. The van der Waals surface area contributed by atoms with Crippen molar-refractivity contribution in [2.45, 2.75) is 52.5 Å². The Kier molecular flexibility index (Phi) is 11.3. The smallest absolute Gasteiger partial charge is 0.326 e. The van der Waals surface area contributed by atoms with Crippen LogP contribution in [-0.4, -0.2) is 47.9 Å². The van der Waals surface area contributed by atoms with Crippen molar-refractivity contribution in [3.05, 3.63) is 0 Å². The van der Waals surface area contributed by atoms with Gasteiger partial charge in [-0.2, -0.15) is 11.8 Å². The monoisotopic (exact) mass is 305 g/mol. The fraction of sp³-hybridized carbons (Fsp3) is 0.933. The normalized spacial score (nSPS) is 15.7. The topological polar surface area (TPSA) is 58.6 Å². The Balaban J connectivity index is 4.12. The number of carbonyl (C=O) groups is 1. The first-order valence-electron chi connectivity index (χ1n) is 7.61. The average molecular weight is 305 g/mol. The molecule has 0 aromatic heterocycles. The highest BCUT2D eigenvalue weighted by Crippen LogP contribution is 2.18. The summed E-state index contributed by atoms with van der Waals surface area (Å²) >= 11 is 1.84. The number of aliphatic hydroxyl groups excluding tert-OH is 1. The molecule has 0 heterocycles. The van der Waals surface area contributed by atoms with E-state index in [1.165, 1.54) is 0 Å². The number of hydrogen-bond acceptors (Lipinski definition) is 5. The highest BCUT2D eigenvalue weighted by molar-refractivity contribution is 7.99. The second-order valence-electron chi connectivity index (χ2n) is 5.45. The lowest BCUT2D eigenvalue weighted by Gasteiger charge is -2.28. The van der Waals surface area contributed by atoms with E-state index in [0.717, 1.165) is 37.3 Å². The number of ether oxygens (including phenoxy) is 1. The third kappa shape index (κ3) is 8.12. The number of esters is 1. The highest BCUT2D eigenvalue weighted by atomic mass is 32.2. The van der Waals surface area contributed by atoms with E-state index >= 15 is 0 Å². The number of nitrogens with one attached hydrogen (secondary N) is 1. The molecule has 20 heavy (non-hydrogen) atoms. The Morgan fingerprint density at radius 2 is 2.15 bits per heavy atom. The summed E-state index contributed by atoms with van der Waals surface area (Å²) in [5.41, 5.74) is -0.574. The Bertz CT molecular complexity index is 264. The first-order chi connectivity index (χ1) is 9.50. The van der Waals surface area contributed by atoms with E-state index in [2.05, 4.69) is 12.2 Å². The third-order valence-electron chi connectivity index (χ3n) is 3.17. The lowest BCUT2D eigenvalue weighted by molar-refractivity contribution is -0.150. The molecule has 2 atom stereocenters. The Hall–Kier alpha value is -0.260. The molecule has 0 aromatic carbocycles. The summed E-state index contributed by atoms with van der Waals surface area (Å²) in [4.78, 5) is 12.1. The molecule has 4 nitrogen and oxygen atoms in total. The van der Waals surface area contributed by atoms with Gasteiger partial charge >= 0.3 is 5.97 Å². The maximum Gasteiger partial charge on any atom is 0.326 e. The summed E-state index contributed by atoms with van der Waals surface area (Å²) in [6, 6.07) is 0. The van der Waals surface area contributed by atoms with E-state index < -0.39 is 5.54 Å². The molecule has 0 spiro atoms. The largest absolute Gasteiger partial charge is 0.465 e. The van der Waals surface area contributed by atoms with Crippen LogP contribution in [0.3, 0.4) is 0 Å². The Labute approximate surface area is 128 Å². The van der Waals surface area contributed by atoms with Gasteiger partial charge in [0.05, 0.1) is 6.61 Å². The van der Waals surface area contributed by atoms with E-state index in [1.54, 1.807) is 0 Å². The second-order valence-corrected chi connectivity index (χ2v) is 6.60. The van der Waals surface area contributed by atoms with E-state index in [1.807, 2.05) is 32.5 Å². The SMILES string of the molecule is CCCNC(C)(CCCSCC(C)CO)C(=O)OCC. The Morgan fingerprint density at radius 1 is 1.45 bits per heavy atom. The average Bonchev–Trinajstić information content (AvgIpc) is 2.44. The van der Waals surface area contributed by atoms with Crippen molar-refractivity contribution in [1.29, 1.82) is 0 Å². The molecule has 5 heteroatoms. The van der Waals surface area contributed by atoms with Crippen LogP contribution >= 0.6 is 11.8 Å². The van der Waals surface area contributed by atoms with Gasteiger partial charge in [-0.25, -0.2) is 0 Å². The molecule has 0 bridgehead atoms. The van der Waals surface area contributed by atoms with Crippen molar-refractivity contribution in [1.82, 2.24) is 5.32 Å². The van der Waals surface area contributed by atoms with E-state index in [9.17, 15) is 4.79 Å². The zero-order chi connectivity index (χ0) is 15.4. The molecular weight excluding hydrogens is 274 g/mol. The van der Waals surface area contributed by atoms with Gasteiger partial charge in [0, 0.05) is 6.61 Å². The standard InChI is InChI=1S/C15H31NO3S/c1-5-9-16-15(4,14(18)19-6-2)8-7-10-20-12-13(3)11-17/h13,16-17H,5-12H2,1-4H3. The predicted molar refractivity (Wildman–Crippen MR) is 86.1 cm³/mol. The maximum absolute atomic E-state index is 12.1. The van der Waals surface area contributed by atoms with Crippen LogP contribution in [0.15, 0.2) is 0 Å². The van der Waals surface area contributed by atoms with E-state index in [0.29, 0.717) is 12.5 Å². The summed E-state index contributed by atoms with van der Waals surface area (Å²) in [6.45, 7) is 9.38. The molecule has 0 saturated carbocycles. The van der Waals surface area contributed by atoms with Crippen LogP contribution in [0.25, 0.3) is 0 Å². The van der Waals surface area contributed by atoms with Gasteiger partial charge in [-0.05, 0) is 57.1 Å². The fourth-order valence-corrected chi connectivity index (χ4v) is 2.84. The van der Waals surface area contributed by atoms with Crippen molar-refractivity contribution in [2.24, 2.45) is 5.92 Å². The Morgan fingerprint density at radius 3 is 2.70 bits per heavy atom. The van der Waals surface area contributed by atoms with Gasteiger partial charge in [0.2, 0.25) is 0 Å². The van der Waals surface area contributed by atoms with Crippen molar-refractivity contribution in [2.75, 3.05) is 31.3 Å². The lowest BCUT2D eigenvalue weighted by Crippen LogP contribution is -2.50. The van der Waals surface area contributed by atoms with Crippen LogP contribution in [0.5, 0.6) is 0 Å². The van der Waals surface area contributed by atoms with Gasteiger partial charge in [-0.1, -0.05) is 13.8 Å². The van der Waals surface area contributed by atoms with Crippen molar-refractivity contribution >= 4 is 17.7 Å². The molecule has 0 rings (SSSR count). The predicted octanol–water partition coefficient (Wildman–Crippen LogP) is 2.45. The summed E-state index contributed by atoms with van der Waals surface area (Å²) in [5.74, 6) is 2.17. The van der Waals surface area contributed by atoms with Crippen LogP contribution in [0.2, 0.25) is 0 Å². The molecular formula is C15H31NO3S. The van der Waals surface area contributed by atoms with Gasteiger partial charge in [0.15, 0.2) is 0 Å². The zero-order valence-corrected chi connectivity index (χ0v) is 14.2. The number of aliphatic hydroxyl groups is 1. The van der Waals surface area contributed by atoms with Crippen molar-refractivity contribution in [3.8, 4) is 0 Å². The molecule has 0 amide bonds. The van der Waals surface area contributed by atoms with E-state index in [-0.39, 0.29) is 12.6 Å². The zero-order valence-electron chi connectivity index (χ0n) is 13.4. The van der Waals surface area contributed by atoms with Crippen molar-refractivity contribution < 1.29 is 14.6 Å². The third-order valence-corrected chi connectivity index (χ3v) is 4.55.